The van der Waals surface area contributed by atoms with Crippen molar-refractivity contribution in [1.29, 1.82) is 0 Å². The molecule has 1 fully saturated rings. The molecule has 22 heavy (non-hydrogen) atoms. The zero-order valence-electron chi connectivity index (χ0n) is 12.0. The largest absolute Gasteiger partial charge is 0.416 e. The van der Waals surface area contributed by atoms with Crippen molar-refractivity contribution in [3.63, 3.8) is 0 Å². The summed E-state index contributed by atoms with van der Waals surface area (Å²) >= 11 is 0. The number of alkyl halides is 3. The summed E-state index contributed by atoms with van der Waals surface area (Å²) in [6.45, 7) is 2.05. The van der Waals surface area contributed by atoms with E-state index in [1.54, 1.807) is 12.3 Å². The summed E-state index contributed by atoms with van der Waals surface area (Å²) in [6, 6.07) is 5.57. The Morgan fingerprint density at radius 3 is 2.82 bits per heavy atom. The first kappa shape index (κ1) is 15.0. The number of hydrogen-bond donors (Lipinski definition) is 1. The highest BCUT2D eigenvalue weighted by Gasteiger charge is 2.32. The molecule has 4 nitrogen and oxygen atoms in total. The van der Waals surface area contributed by atoms with Gasteiger partial charge in [-0.2, -0.15) is 13.2 Å². The van der Waals surface area contributed by atoms with Crippen molar-refractivity contribution in [1.82, 2.24) is 20.3 Å². The molecule has 1 N–H and O–H groups in total. The van der Waals surface area contributed by atoms with Crippen LogP contribution in [-0.4, -0.2) is 28.1 Å². The van der Waals surface area contributed by atoms with Gasteiger partial charge in [0, 0.05) is 6.20 Å². The zero-order chi connectivity index (χ0) is 15.6. The van der Waals surface area contributed by atoms with Gasteiger partial charge in [0.25, 0.3) is 0 Å². The quantitative estimate of drug-likeness (QED) is 0.943. The van der Waals surface area contributed by atoms with Gasteiger partial charge >= 0.3 is 6.18 Å². The second-order valence-corrected chi connectivity index (χ2v) is 5.63. The maximum absolute atomic E-state index is 13.0. The number of halogens is 3. The number of aromatic nitrogens is 3. The van der Waals surface area contributed by atoms with Crippen LogP contribution >= 0.6 is 0 Å². The molecule has 2 aromatic rings. The summed E-state index contributed by atoms with van der Waals surface area (Å²) in [5.41, 5.74) is 0.416. The first-order chi connectivity index (χ1) is 10.5. The molecule has 118 valence electrons. The lowest BCUT2D eigenvalue weighted by atomic mass is 10.0. The molecule has 0 saturated carbocycles. The number of rotatable bonds is 4. The first-order valence-electron chi connectivity index (χ1n) is 7.27. The van der Waals surface area contributed by atoms with Crippen LogP contribution in [-0.2, 0) is 19.1 Å². The smallest absolute Gasteiger partial charge is 0.316 e. The minimum Gasteiger partial charge on any atom is -0.316 e. The predicted molar refractivity (Wildman–Crippen MR) is 75.2 cm³/mol. The third-order valence-corrected chi connectivity index (χ3v) is 3.90. The summed E-state index contributed by atoms with van der Waals surface area (Å²) in [7, 11) is 0. The first-order valence-corrected chi connectivity index (χ1v) is 7.27. The topological polar surface area (TPSA) is 42.7 Å². The molecule has 0 radical (unpaired) electrons. The van der Waals surface area contributed by atoms with E-state index < -0.39 is 11.7 Å². The van der Waals surface area contributed by atoms with E-state index in [1.807, 2.05) is 0 Å². The van der Waals surface area contributed by atoms with Crippen molar-refractivity contribution in [2.45, 2.75) is 25.6 Å². The summed E-state index contributed by atoms with van der Waals surface area (Å²) in [5.74, 6) is 0.535. The molecule has 1 saturated heterocycles. The lowest BCUT2D eigenvalue weighted by Gasteiger charge is -2.12. The summed E-state index contributed by atoms with van der Waals surface area (Å²) in [6.07, 6.45) is -0.696. The van der Waals surface area contributed by atoms with E-state index in [9.17, 15) is 13.2 Å². The molecular weight excluding hydrogens is 293 g/mol. The minimum atomic E-state index is -4.35. The van der Waals surface area contributed by atoms with E-state index in [-0.39, 0.29) is 12.1 Å². The van der Waals surface area contributed by atoms with Crippen molar-refractivity contribution in [2.75, 3.05) is 13.1 Å². The molecule has 1 unspecified atom stereocenters. The average molecular weight is 310 g/mol. The zero-order valence-corrected chi connectivity index (χ0v) is 12.0. The van der Waals surface area contributed by atoms with Gasteiger partial charge in [-0.15, -0.1) is 5.10 Å². The Morgan fingerprint density at radius 1 is 1.27 bits per heavy atom. The Balaban J connectivity index is 1.72. The highest BCUT2D eigenvalue weighted by atomic mass is 19.4. The third-order valence-electron chi connectivity index (χ3n) is 3.90. The van der Waals surface area contributed by atoms with Gasteiger partial charge in [-0.05, 0) is 43.5 Å². The van der Waals surface area contributed by atoms with E-state index in [1.165, 1.54) is 16.8 Å². The summed E-state index contributed by atoms with van der Waals surface area (Å²) in [4.78, 5) is 0. The Bertz CT molecular complexity index is 630. The van der Waals surface area contributed by atoms with E-state index in [4.69, 9.17) is 0 Å². The van der Waals surface area contributed by atoms with Crippen LogP contribution in [0.1, 0.15) is 23.2 Å². The van der Waals surface area contributed by atoms with Crippen molar-refractivity contribution < 1.29 is 13.2 Å². The van der Waals surface area contributed by atoms with Crippen LogP contribution in [0.2, 0.25) is 0 Å². The molecule has 3 rings (SSSR count). The van der Waals surface area contributed by atoms with Gasteiger partial charge in [0.1, 0.15) is 0 Å². The van der Waals surface area contributed by atoms with Crippen LogP contribution in [0.3, 0.4) is 0 Å². The molecule has 7 heteroatoms. The maximum Gasteiger partial charge on any atom is 0.416 e. The molecule has 0 bridgehead atoms. The van der Waals surface area contributed by atoms with Crippen molar-refractivity contribution in [3.8, 4) is 0 Å². The molecule has 0 spiro atoms. The number of hydrogen-bond acceptors (Lipinski definition) is 3. The molecule has 1 aliphatic rings. The van der Waals surface area contributed by atoms with Crippen molar-refractivity contribution in [3.05, 3.63) is 47.3 Å². The van der Waals surface area contributed by atoms with Crippen molar-refractivity contribution in [2.24, 2.45) is 5.92 Å². The highest BCUT2D eigenvalue weighted by molar-refractivity contribution is 5.29. The molecule has 2 heterocycles. The van der Waals surface area contributed by atoms with Crippen LogP contribution in [0.15, 0.2) is 30.5 Å². The van der Waals surface area contributed by atoms with Gasteiger partial charge in [-0.3, -0.25) is 0 Å². The van der Waals surface area contributed by atoms with Gasteiger partial charge in [-0.25, -0.2) is 4.68 Å². The van der Waals surface area contributed by atoms with Crippen LogP contribution in [0.25, 0.3) is 0 Å². The summed E-state index contributed by atoms with van der Waals surface area (Å²) in [5, 5.41) is 11.3. The average Bonchev–Trinajstić information content (AvgIpc) is 3.11. The minimum absolute atomic E-state index is 0.0750. The molecule has 0 aliphatic carbocycles. The summed E-state index contributed by atoms with van der Waals surface area (Å²) < 4.78 is 40.4. The predicted octanol–water partition coefficient (Wildman–Crippen LogP) is 2.50. The maximum atomic E-state index is 13.0. The monoisotopic (exact) mass is 310 g/mol. The Morgan fingerprint density at radius 2 is 2.09 bits per heavy atom. The number of benzene rings is 1. The fourth-order valence-corrected chi connectivity index (χ4v) is 2.80. The third kappa shape index (κ3) is 3.47. The van der Waals surface area contributed by atoms with Crippen LogP contribution < -0.4 is 5.32 Å². The second-order valence-electron chi connectivity index (χ2n) is 5.63. The van der Waals surface area contributed by atoms with Crippen LogP contribution in [0.5, 0.6) is 0 Å². The fourth-order valence-electron chi connectivity index (χ4n) is 2.80. The Labute approximate surface area is 126 Å². The van der Waals surface area contributed by atoms with Gasteiger partial charge < -0.3 is 5.32 Å². The second kappa shape index (κ2) is 6.08. The van der Waals surface area contributed by atoms with Gasteiger partial charge in [0.05, 0.1) is 17.8 Å². The van der Waals surface area contributed by atoms with Crippen LogP contribution in [0.4, 0.5) is 13.2 Å². The van der Waals surface area contributed by atoms with Crippen molar-refractivity contribution >= 4 is 0 Å². The van der Waals surface area contributed by atoms with Gasteiger partial charge in [-0.1, -0.05) is 23.4 Å². The highest BCUT2D eigenvalue weighted by Crippen LogP contribution is 2.32. The molecule has 0 amide bonds. The fraction of sp³-hybridized carbons (Fsp3) is 0.467. The molecular formula is C15H17F3N4. The van der Waals surface area contributed by atoms with E-state index in [2.05, 4.69) is 15.6 Å². The SMILES string of the molecule is FC(F)(F)c1ccccc1Cn1cc(CC2CCNC2)nn1. The van der Waals surface area contributed by atoms with E-state index >= 15 is 0 Å². The lowest BCUT2D eigenvalue weighted by Crippen LogP contribution is -2.12. The molecule has 1 aliphatic heterocycles. The lowest BCUT2D eigenvalue weighted by molar-refractivity contribution is -0.138. The standard InChI is InChI=1S/C15H17F3N4/c16-15(17,18)14-4-2-1-3-12(14)9-22-10-13(20-21-22)7-11-5-6-19-8-11/h1-4,10-11,19H,5-9H2. The Hall–Kier alpha value is -1.89. The number of nitrogens with zero attached hydrogens (tertiary/aromatic N) is 3. The van der Waals surface area contributed by atoms with Gasteiger partial charge in [0.2, 0.25) is 0 Å². The molecule has 1 aromatic carbocycles. The normalized spacial score (nSPS) is 18.8. The number of nitrogens with one attached hydrogen (secondary N) is 1. The van der Waals surface area contributed by atoms with E-state index in [0.717, 1.165) is 37.7 Å². The Kier molecular flexibility index (Phi) is 4.15. The molecule has 1 atom stereocenters. The molecule has 1 aromatic heterocycles. The van der Waals surface area contributed by atoms with Gasteiger partial charge in [0.15, 0.2) is 0 Å². The van der Waals surface area contributed by atoms with E-state index in [0.29, 0.717) is 5.92 Å². The van der Waals surface area contributed by atoms with Crippen LogP contribution in [0, 0.1) is 5.92 Å².